The molecule has 6 N–H and O–H groups in total. The fourth-order valence-corrected chi connectivity index (χ4v) is 6.05. The molecule has 2 aromatic rings. The van der Waals surface area contributed by atoms with Crippen molar-refractivity contribution in [1.82, 2.24) is 19.1 Å². The number of hydrogen-bond acceptors (Lipinski definition) is 10. The largest absolute Gasteiger partial charge is 0.393 e. The number of rotatable bonds is 6. The smallest absolute Gasteiger partial charge is 0.351 e. The van der Waals surface area contributed by atoms with Crippen LogP contribution in [0.5, 0.6) is 0 Å². The summed E-state index contributed by atoms with van der Waals surface area (Å²) in [6.07, 6.45) is -3.69. The molecular formula is C22H30Br2F2N6O6. The molecule has 2 fully saturated rings. The second-order valence-corrected chi connectivity index (χ2v) is 10.3. The van der Waals surface area contributed by atoms with Gasteiger partial charge in [0.05, 0.1) is 12.2 Å². The number of aromatic nitrogens is 4. The molecule has 2 aliphatic rings. The van der Waals surface area contributed by atoms with Gasteiger partial charge in [-0.3, -0.25) is 9.13 Å². The first-order valence-corrected chi connectivity index (χ1v) is 13.9. The first-order valence-electron chi connectivity index (χ1n) is 11.6. The number of aliphatic hydroxyl groups excluding tert-OH is 2. The van der Waals surface area contributed by atoms with Crippen LogP contribution < -0.4 is 22.8 Å². The molecule has 2 aromatic heterocycles. The fourth-order valence-electron chi connectivity index (χ4n) is 4.37. The van der Waals surface area contributed by atoms with E-state index in [1.165, 1.54) is 24.5 Å². The third-order valence-corrected chi connectivity index (χ3v) is 8.87. The molecule has 0 spiro atoms. The van der Waals surface area contributed by atoms with Crippen molar-refractivity contribution in [3.8, 4) is 0 Å². The van der Waals surface area contributed by atoms with E-state index < -0.39 is 60.1 Å². The normalized spacial score (nSPS) is 34.6. The zero-order valence-electron chi connectivity index (χ0n) is 20.6. The maximum absolute atomic E-state index is 14.5. The van der Waals surface area contributed by atoms with Gasteiger partial charge in [0.25, 0.3) is 0 Å². The quantitative estimate of drug-likeness (QED) is 0.324. The van der Waals surface area contributed by atoms with Gasteiger partial charge in [0.1, 0.15) is 23.3 Å². The van der Waals surface area contributed by atoms with Crippen LogP contribution in [0.1, 0.15) is 32.7 Å². The molecule has 212 valence electrons. The molecule has 4 heterocycles. The van der Waals surface area contributed by atoms with Gasteiger partial charge in [-0.2, -0.15) is 9.97 Å². The maximum Gasteiger partial charge on any atom is 0.351 e. The molecule has 0 unspecified atom stereocenters. The minimum absolute atomic E-state index is 0.00381. The Hall–Kier alpha value is -1.98. The molecule has 0 saturated carbocycles. The molecule has 0 aromatic carbocycles. The molecule has 2 aliphatic heterocycles. The number of alkyl halides is 4. The van der Waals surface area contributed by atoms with E-state index in [0.29, 0.717) is 11.8 Å². The van der Waals surface area contributed by atoms with E-state index in [-0.39, 0.29) is 22.9 Å². The predicted octanol–water partition coefficient (Wildman–Crippen LogP) is 1.05. The van der Waals surface area contributed by atoms with Crippen LogP contribution in [-0.4, -0.2) is 76.2 Å². The van der Waals surface area contributed by atoms with Crippen LogP contribution in [0, 0.1) is 5.92 Å². The third kappa shape index (κ3) is 5.51. The first kappa shape index (κ1) is 30.6. The van der Waals surface area contributed by atoms with Gasteiger partial charge >= 0.3 is 11.4 Å². The lowest BCUT2D eigenvalue weighted by Gasteiger charge is -2.29. The lowest BCUT2D eigenvalue weighted by molar-refractivity contribution is -0.113. The van der Waals surface area contributed by atoms with Gasteiger partial charge in [-0.25, -0.2) is 18.4 Å². The second-order valence-electron chi connectivity index (χ2n) is 9.13. The summed E-state index contributed by atoms with van der Waals surface area (Å²) in [6.45, 7) is 3.15. The molecular weight excluding hydrogens is 642 g/mol. The zero-order chi connectivity index (χ0) is 28.4. The Kier molecular flexibility index (Phi) is 9.68. The summed E-state index contributed by atoms with van der Waals surface area (Å²) in [5, 5.41) is 19.7. The Bertz CT molecular complexity index is 1130. The van der Waals surface area contributed by atoms with Crippen LogP contribution in [0.4, 0.5) is 20.4 Å². The van der Waals surface area contributed by atoms with Gasteiger partial charge in [-0.1, -0.05) is 45.7 Å². The van der Waals surface area contributed by atoms with Crippen molar-refractivity contribution >= 4 is 43.5 Å². The highest BCUT2D eigenvalue weighted by Gasteiger charge is 2.55. The van der Waals surface area contributed by atoms with Gasteiger partial charge in [0.15, 0.2) is 24.8 Å². The first-order chi connectivity index (χ1) is 17.9. The Labute approximate surface area is 233 Å². The number of aliphatic hydroxyl groups is 2. The summed E-state index contributed by atoms with van der Waals surface area (Å²) < 4.78 is 41.8. The van der Waals surface area contributed by atoms with Gasteiger partial charge in [0, 0.05) is 29.0 Å². The minimum Gasteiger partial charge on any atom is -0.393 e. The molecule has 8 atom stereocenters. The maximum atomic E-state index is 14.5. The lowest BCUT2D eigenvalue weighted by Crippen LogP contribution is -2.47. The molecule has 0 amide bonds. The van der Waals surface area contributed by atoms with Crippen molar-refractivity contribution in [2.45, 2.75) is 62.4 Å². The highest BCUT2D eigenvalue weighted by molar-refractivity contribution is 9.09. The van der Waals surface area contributed by atoms with Crippen molar-refractivity contribution in [2.75, 3.05) is 28.7 Å². The summed E-state index contributed by atoms with van der Waals surface area (Å²) in [4.78, 5) is 30.5. The van der Waals surface area contributed by atoms with Gasteiger partial charge in [-0.15, -0.1) is 0 Å². The Morgan fingerprint density at radius 1 is 0.974 bits per heavy atom. The zero-order valence-corrected chi connectivity index (χ0v) is 23.8. The number of nitrogens with zero attached hydrogens (tertiary/aromatic N) is 4. The molecule has 38 heavy (non-hydrogen) atoms. The van der Waals surface area contributed by atoms with Crippen LogP contribution in [0.3, 0.4) is 0 Å². The summed E-state index contributed by atoms with van der Waals surface area (Å²) in [7, 11) is 0. The number of hydrogen-bond donors (Lipinski definition) is 4. The van der Waals surface area contributed by atoms with E-state index in [4.69, 9.17) is 20.9 Å². The van der Waals surface area contributed by atoms with Crippen LogP contribution in [0.2, 0.25) is 0 Å². The highest BCUT2D eigenvalue weighted by Crippen LogP contribution is 2.45. The molecule has 2 saturated heterocycles. The van der Waals surface area contributed by atoms with Gasteiger partial charge < -0.3 is 31.2 Å². The number of halogens is 4. The second kappa shape index (κ2) is 12.0. The Morgan fingerprint density at radius 2 is 1.42 bits per heavy atom. The number of ether oxygens (including phenoxy) is 2. The third-order valence-electron chi connectivity index (χ3n) is 6.97. The summed E-state index contributed by atoms with van der Waals surface area (Å²) >= 11 is 6.43. The molecule has 12 nitrogen and oxygen atoms in total. The summed E-state index contributed by atoms with van der Waals surface area (Å²) in [6, 6.07) is 2.78. The van der Waals surface area contributed by atoms with Crippen LogP contribution in [0.15, 0.2) is 34.1 Å². The summed E-state index contributed by atoms with van der Waals surface area (Å²) in [5.74, 6) is -0.194. The molecule has 4 rings (SSSR count). The van der Waals surface area contributed by atoms with Crippen LogP contribution in [-0.2, 0) is 9.47 Å². The standard InChI is InChI=1S/C12H17BrFN3O2.C10H13BrFN3O4/c1-3-12(6-13)7(2)9(14)10(19-12)17-5-4-8(15)16-11(17)18;11-3-10(4-16)7(17)6(12)8(19-10)15-2-1-5(13)14-9(15)18/h4-5,7,9-10H,3,6H2,1-2H3,(H2,15,16,18);1-2,6-8,16-17H,3-4H2,(H2,13,14,18)/t7-,9-,10+,12-;6-,7-,8+,10+/m00/s1. The van der Waals surface area contributed by atoms with Crippen molar-refractivity contribution in [3.05, 3.63) is 45.5 Å². The van der Waals surface area contributed by atoms with Crippen molar-refractivity contribution in [1.29, 1.82) is 0 Å². The minimum atomic E-state index is -1.87. The predicted molar refractivity (Wildman–Crippen MR) is 141 cm³/mol. The van der Waals surface area contributed by atoms with Crippen LogP contribution >= 0.6 is 31.9 Å². The lowest BCUT2D eigenvalue weighted by atomic mass is 9.87. The van der Waals surface area contributed by atoms with E-state index in [2.05, 4.69) is 41.8 Å². The SMILES string of the molecule is CC[C@@]1(CBr)O[C@@H](n2ccc(N)nc2=O)[C@@H](F)[C@@H]1C.Nc1ccn([C@@H]2O[C@@](CO)(CBr)[C@@H](O)[C@@H]2F)c(=O)n1. The topological polar surface area (TPSA) is 181 Å². The van der Waals surface area contributed by atoms with E-state index in [1.54, 1.807) is 6.92 Å². The molecule has 0 radical (unpaired) electrons. The van der Waals surface area contributed by atoms with Crippen molar-refractivity contribution in [2.24, 2.45) is 5.92 Å². The van der Waals surface area contributed by atoms with E-state index in [1.807, 2.05) is 6.92 Å². The van der Waals surface area contributed by atoms with E-state index >= 15 is 0 Å². The van der Waals surface area contributed by atoms with Crippen molar-refractivity contribution < 1.29 is 28.5 Å². The van der Waals surface area contributed by atoms with Gasteiger partial charge in [0.2, 0.25) is 0 Å². The Balaban J connectivity index is 0.000000211. The average Bonchev–Trinajstić information content (AvgIpc) is 3.30. The number of nitrogen functional groups attached to an aromatic ring is 2. The number of anilines is 2. The Morgan fingerprint density at radius 3 is 1.76 bits per heavy atom. The van der Waals surface area contributed by atoms with E-state index in [0.717, 1.165) is 9.13 Å². The highest BCUT2D eigenvalue weighted by atomic mass is 79.9. The van der Waals surface area contributed by atoms with E-state index in [9.17, 15) is 28.6 Å². The van der Waals surface area contributed by atoms with Crippen LogP contribution in [0.25, 0.3) is 0 Å². The van der Waals surface area contributed by atoms with Gasteiger partial charge in [-0.05, 0) is 18.6 Å². The summed E-state index contributed by atoms with van der Waals surface area (Å²) in [5.41, 5.74) is 7.28. The average molecular weight is 672 g/mol. The van der Waals surface area contributed by atoms with Crippen molar-refractivity contribution in [3.63, 3.8) is 0 Å². The number of nitrogens with two attached hydrogens (primary N) is 2. The molecule has 16 heteroatoms. The monoisotopic (exact) mass is 670 g/mol. The molecule has 0 bridgehead atoms. The molecule has 0 aliphatic carbocycles. The fraction of sp³-hybridized carbons (Fsp3) is 0.636.